The molecule has 0 saturated carbocycles. The Kier molecular flexibility index (Phi) is 6.44. The summed E-state index contributed by atoms with van der Waals surface area (Å²) < 4.78 is 5.28. The molecule has 1 aliphatic heterocycles. The van der Waals surface area contributed by atoms with E-state index in [1.54, 1.807) is 13.2 Å². The van der Waals surface area contributed by atoms with E-state index in [9.17, 15) is 4.79 Å². The minimum absolute atomic E-state index is 0.829. The number of aliphatic carboxylic acids is 1. The van der Waals surface area contributed by atoms with Crippen LogP contribution in [-0.2, 0) is 4.79 Å². The van der Waals surface area contributed by atoms with Gasteiger partial charge >= 0.3 is 5.97 Å². The molecule has 0 bridgehead atoms. The number of rotatable bonds is 7. The van der Waals surface area contributed by atoms with Crippen LogP contribution in [0.15, 0.2) is 60.7 Å². The lowest BCUT2D eigenvalue weighted by Crippen LogP contribution is -2.19. The van der Waals surface area contributed by atoms with Gasteiger partial charge in [0, 0.05) is 12.6 Å². The molecule has 2 aromatic rings. The predicted octanol–water partition coefficient (Wildman–Crippen LogP) is 4.32. The van der Waals surface area contributed by atoms with Crippen LogP contribution < -0.4 is 4.74 Å². The second-order valence-electron chi connectivity index (χ2n) is 6.65. The maximum Gasteiger partial charge on any atom is 0.328 e. The smallest absolute Gasteiger partial charge is 0.328 e. The summed E-state index contributed by atoms with van der Waals surface area (Å²) in [6, 6.07) is 16.0. The zero-order valence-electron chi connectivity index (χ0n) is 15.6. The van der Waals surface area contributed by atoms with E-state index in [0.717, 1.165) is 47.6 Å². The van der Waals surface area contributed by atoms with E-state index < -0.39 is 5.97 Å². The first-order valence-electron chi connectivity index (χ1n) is 9.24. The molecule has 0 amide bonds. The summed E-state index contributed by atoms with van der Waals surface area (Å²) >= 11 is 0. The van der Waals surface area contributed by atoms with Crippen molar-refractivity contribution in [1.29, 1.82) is 0 Å². The fraction of sp³-hybridized carbons (Fsp3) is 0.261. The van der Waals surface area contributed by atoms with Crippen LogP contribution in [0.5, 0.6) is 5.75 Å². The number of ether oxygens (including phenoxy) is 1. The summed E-state index contributed by atoms with van der Waals surface area (Å²) in [6.45, 7) is 3.21. The number of methoxy groups -OCH3 is 1. The third-order valence-corrected chi connectivity index (χ3v) is 4.77. The van der Waals surface area contributed by atoms with E-state index in [0.29, 0.717) is 0 Å². The van der Waals surface area contributed by atoms with Crippen molar-refractivity contribution in [1.82, 2.24) is 4.90 Å². The molecule has 0 spiro atoms. The number of hydrogen-bond donors (Lipinski definition) is 1. The predicted molar refractivity (Wildman–Crippen MR) is 109 cm³/mol. The summed E-state index contributed by atoms with van der Waals surface area (Å²) in [5, 5.41) is 8.87. The number of hydrogen-bond acceptors (Lipinski definition) is 3. The highest BCUT2D eigenvalue weighted by molar-refractivity contribution is 5.86. The fourth-order valence-electron chi connectivity index (χ4n) is 3.34. The minimum Gasteiger partial charge on any atom is -0.497 e. The molecule has 4 heteroatoms. The van der Waals surface area contributed by atoms with Crippen LogP contribution in [0.2, 0.25) is 0 Å². The van der Waals surface area contributed by atoms with Crippen LogP contribution >= 0.6 is 0 Å². The van der Waals surface area contributed by atoms with Gasteiger partial charge in [-0.05, 0) is 72.5 Å². The lowest BCUT2D eigenvalue weighted by molar-refractivity contribution is -0.131. The number of carboxylic acid groups (broad SMARTS) is 1. The Morgan fingerprint density at radius 3 is 2.52 bits per heavy atom. The second-order valence-corrected chi connectivity index (χ2v) is 6.65. The zero-order valence-corrected chi connectivity index (χ0v) is 15.6. The highest BCUT2D eigenvalue weighted by Gasteiger charge is 2.12. The van der Waals surface area contributed by atoms with Gasteiger partial charge in [0.2, 0.25) is 0 Å². The quantitative estimate of drug-likeness (QED) is 0.744. The van der Waals surface area contributed by atoms with Crippen LogP contribution in [0.25, 0.3) is 11.6 Å². The van der Waals surface area contributed by atoms with Gasteiger partial charge in [0.15, 0.2) is 0 Å². The van der Waals surface area contributed by atoms with Crippen LogP contribution in [0.1, 0.15) is 29.5 Å². The summed E-state index contributed by atoms with van der Waals surface area (Å²) in [5.74, 6) is -0.115. The van der Waals surface area contributed by atoms with Crippen molar-refractivity contribution in [2.45, 2.75) is 12.8 Å². The Morgan fingerprint density at radius 2 is 1.85 bits per heavy atom. The lowest BCUT2D eigenvalue weighted by atomic mass is 9.95. The number of likely N-dealkylation sites (tertiary alicyclic amines) is 1. The number of nitrogens with zero attached hydrogens (tertiary/aromatic N) is 1. The maximum absolute atomic E-state index is 10.8. The first kappa shape index (κ1) is 18.9. The second kappa shape index (κ2) is 9.19. The maximum atomic E-state index is 10.8. The van der Waals surface area contributed by atoms with Gasteiger partial charge in [-0.2, -0.15) is 0 Å². The van der Waals surface area contributed by atoms with Gasteiger partial charge in [0.1, 0.15) is 5.75 Å². The van der Waals surface area contributed by atoms with Crippen LogP contribution in [0.4, 0.5) is 0 Å². The first-order chi connectivity index (χ1) is 13.2. The van der Waals surface area contributed by atoms with Crippen LogP contribution in [0, 0.1) is 0 Å². The highest BCUT2D eigenvalue weighted by Crippen LogP contribution is 2.27. The standard InChI is InChI=1S/C23H25NO3/c1-27-21-10-8-19(9-11-21)22(13-16-24-14-2-3-15-24)20-6-4-5-18(17-20)7-12-23(25)26/h4-13,17H,2-3,14-16H2,1H3,(H,25,26). The molecule has 27 heavy (non-hydrogen) atoms. The Hall–Kier alpha value is -2.85. The summed E-state index contributed by atoms with van der Waals surface area (Å²) in [5.41, 5.74) is 4.21. The average Bonchev–Trinajstić information content (AvgIpc) is 3.21. The molecule has 1 N–H and O–H groups in total. The molecule has 1 heterocycles. The van der Waals surface area contributed by atoms with Gasteiger partial charge in [0.05, 0.1) is 7.11 Å². The Bertz CT molecular complexity index is 831. The Labute approximate surface area is 160 Å². The summed E-state index contributed by atoms with van der Waals surface area (Å²) in [7, 11) is 1.66. The van der Waals surface area contributed by atoms with E-state index in [-0.39, 0.29) is 0 Å². The number of carboxylic acids is 1. The molecule has 1 aliphatic rings. The molecule has 2 aromatic carbocycles. The fourth-order valence-corrected chi connectivity index (χ4v) is 3.34. The highest BCUT2D eigenvalue weighted by atomic mass is 16.5. The largest absolute Gasteiger partial charge is 0.497 e. The van der Waals surface area contributed by atoms with Gasteiger partial charge in [0.25, 0.3) is 0 Å². The minimum atomic E-state index is -0.944. The molecular weight excluding hydrogens is 338 g/mol. The SMILES string of the molecule is COc1ccc(C(=CCN2CCCC2)c2cccc(C=CC(=O)O)c2)cc1. The van der Waals surface area contributed by atoms with E-state index in [2.05, 4.69) is 29.2 Å². The van der Waals surface area contributed by atoms with Crippen molar-refractivity contribution in [3.63, 3.8) is 0 Å². The van der Waals surface area contributed by atoms with Gasteiger partial charge in [-0.25, -0.2) is 4.79 Å². The van der Waals surface area contributed by atoms with E-state index in [1.807, 2.05) is 30.3 Å². The van der Waals surface area contributed by atoms with Gasteiger partial charge in [-0.1, -0.05) is 36.4 Å². The molecule has 4 nitrogen and oxygen atoms in total. The molecular formula is C23H25NO3. The molecule has 0 radical (unpaired) electrons. The molecule has 0 atom stereocenters. The van der Waals surface area contributed by atoms with Gasteiger partial charge in [-0.15, -0.1) is 0 Å². The van der Waals surface area contributed by atoms with Crippen molar-refractivity contribution in [3.05, 3.63) is 77.4 Å². The zero-order chi connectivity index (χ0) is 19.1. The molecule has 0 aliphatic carbocycles. The van der Waals surface area contributed by atoms with Crippen LogP contribution in [-0.4, -0.2) is 42.7 Å². The number of carbonyl (C=O) groups is 1. The molecule has 1 saturated heterocycles. The van der Waals surface area contributed by atoms with Crippen molar-refractivity contribution < 1.29 is 14.6 Å². The van der Waals surface area contributed by atoms with Crippen molar-refractivity contribution in [2.24, 2.45) is 0 Å². The van der Waals surface area contributed by atoms with E-state index in [4.69, 9.17) is 9.84 Å². The summed E-state index contributed by atoms with van der Waals surface area (Å²) in [6.07, 6.45) is 7.59. The van der Waals surface area contributed by atoms with Gasteiger partial charge < -0.3 is 9.84 Å². The van der Waals surface area contributed by atoms with Gasteiger partial charge in [-0.3, -0.25) is 4.90 Å². The number of benzene rings is 2. The Morgan fingerprint density at radius 1 is 1.11 bits per heavy atom. The van der Waals surface area contributed by atoms with Crippen molar-refractivity contribution in [3.8, 4) is 5.75 Å². The molecule has 0 aromatic heterocycles. The molecule has 0 unspecified atom stereocenters. The average molecular weight is 363 g/mol. The third-order valence-electron chi connectivity index (χ3n) is 4.77. The van der Waals surface area contributed by atoms with Crippen LogP contribution in [0.3, 0.4) is 0 Å². The summed E-state index contributed by atoms with van der Waals surface area (Å²) in [4.78, 5) is 13.3. The monoisotopic (exact) mass is 363 g/mol. The van der Waals surface area contributed by atoms with E-state index in [1.165, 1.54) is 18.9 Å². The third kappa shape index (κ3) is 5.31. The van der Waals surface area contributed by atoms with Crippen molar-refractivity contribution in [2.75, 3.05) is 26.7 Å². The lowest BCUT2D eigenvalue weighted by Gasteiger charge is -2.15. The topological polar surface area (TPSA) is 49.8 Å². The molecule has 140 valence electrons. The normalized spacial score (nSPS) is 15.4. The Balaban J connectivity index is 1.94. The first-order valence-corrected chi connectivity index (χ1v) is 9.24. The van der Waals surface area contributed by atoms with E-state index >= 15 is 0 Å². The molecule has 1 fully saturated rings. The molecule has 3 rings (SSSR count). The van der Waals surface area contributed by atoms with Crippen molar-refractivity contribution >= 4 is 17.6 Å².